The number of nitrogens with one attached hydrogen (secondary N) is 3. The van der Waals surface area contributed by atoms with E-state index in [9.17, 15) is 14.4 Å². The number of anilines is 3. The zero-order valence-electron chi connectivity index (χ0n) is 33.7. The maximum absolute atomic E-state index is 11.3. The highest BCUT2D eigenvalue weighted by atomic mass is 33.1. The minimum Gasteiger partial charge on any atom is -0.326 e. The van der Waals surface area contributed by atoms with Crippen LogP contribution in [-0.2, 0) is 14.4 Å². The number of hydrogen-bond donors (Lipinski definition) is 3. The topological polar surface area (TPSA) is 87.3 Å². The summed E-state index contributed by atoms with van der Waals surface area (Å²) in [6.07, 6.45) is 6.19. The molecule has 0 aliphatic heterocycles. The summed E-state index contributed by atoms with van der Waals surface area (Å²) in [6, 6.07) is 0. The quantitative estimate of drug-likeness (QED) is 0.183. The SMILES string of the molecule is CSSc1c(C)c(C)c(C)c(C)c1NC(C)=O.CSSc1c(C)c(C)c(C)c(NC(C)=O)c1C.CSSc1c(C)c(C)c(NC(C)=O)c(C)c1C. The molecule has 51 heavy (non-hydrogen) atoms. The number of benzene rings is 3. The highest BCUT2D eigenvalue weighted by molar-refractivity contribution is 8.77. The van der Waals surface area contributed by atoms with Gasteiger partial charge in [0.05, 0.1) is 5.69 Å². The first-order valence-electron chi connectivity index (χ1n) is 16.4. The molecular formula is C39H57N3O3S6. The third-order valence-electron chi connectivity index (χ3n) is 9.15. The number of carbonyl (C=O) groups excluding carboxylic acids is 3. The molecule has 0 saturated heterocycles. The Morgan fingerprint density at radius 1 is 0.333 bits per heavy atom. The lowest BCUT2D eigenvalue weighted by atomic mass is 9.97. The minimum absolute atomic E-state index is 0.0136. The van der Waals surface area contributed by atoms with E-state index in [1.165, 1.54) is 81.4 Å². The lowest BCUT2D eigenvalue weighted by Crippen LogP contribution is -2.11. The minimum atomic E-state index is -0.0151. The van der Waals surface area contributed by atoms with Gasteiger partial charge in [-0.15, -0.1) is 0 Å². The van der Waals surface area contributed by atoms with Gasteiger partial charge < -0.3 is 16.0 Å². The van der Waals surface area contributed by atoms with Crippen molar-refractivity contribution >= 4 is 99.5 Å². The van der Waals surface area contributed by atoms with Gasteiger partial charge in [-0.2, -0.15) is 0 Å². The second-order valence-electron chi connectivity index (χ2n) is 12.4. The van der Waals surface area contributed by atoms with Crippen LogP contribution in [0.2, 0.25) is 0 Å². The molecule has 3 aromatic rings. The van der Waals surface area contributed by atoms with E-state index in [-0.39, 0.29) is 17.7 Å². The molecule has 3 N–H and O–H groups in total. The highest BCUT2D eigenvalue weighted by Crippen LogP contribution is 2.43. The van der Waals surface area contributed by atoms with Gasteiger partial charge in [0.15, 0.2) is 0 Å². The van der Waals surface area contributed by atoms with Gasteiger partial charge in [-0.05, 0) is 169 Å². The zero-order valence-corrected chi connectivity index (χ0v) is 38.6. The van der Waals surface area contributed by atoms with Crippen molar-refractivity contribution in [3.63, 3.8) is 0 Å². The first-order valence-corrected chi connectivity index (χ1v) is 24.1. The molecule has 0 saturated carbocycles. The van der Waals surface area contributed by atoms with Gasteiger partial charge in [0.25, 0.3) is 0 Å². The van der Waals surface area contributed by atoms with Crippen LogP contribution < -0.4 is 16.0 Å². The van der Waals surface area contributed by atoms with Gasteiger partial charge in [-0.1, -0.05) is 64.8 Å². The van der Waals surface area contributed by atoms with Crippen LogP contribution in [0.15, 0.2) is 14.7 Å². The van der Waals surface area contributed by atoms with Gasteiger partial charge in [-0.25, -0.2) is 0 Å². The molecule has 0 aromatic heterocycles. The Morgan fingerprint density at radius 3 is 0.961 bits per heavy atom. The van der Waals surface area contributed by atoms with E-state index in [0.717, 1.165) is 17.1 Å². The van der Waals surface area contributed by atoms with Crippen LogP contribution in [0.1, 0.15) is 87.5 Å². The fourth-order valence-corrected chi connectivity index (χ4v) is 11.3. The first-order chi connectivity index (χ1) is 23.7. The molecule has 0 fully saturated rings. The predicted molar refractivity (Wildman–Crippen MR) is 237 cm³/mol. The van der Waals surface area contributed by atoms with Crippen LogP contribution in [0.5, 0.6) is 0 Å². The summed E-state index contributed by atoms with van der Waals surface area (Å²) in [5.41, 5.74) is 17.7. The predicted octanol–water partition coefficient (Wildman–Crippen LogP) is 12.7. The summed E-state index contributed by atoms with van der Waals surface area (Å²) >= 11 is 0. The maximum atomic E-state index is 11.3. The number of carbonyl (C=O) groups is 3. The van der Waals surface area contributed by atoms with Gasteiger partial charge in [0.1, 0.15) is 0 Å². The first kappa shape index (κ1) is 47.2. The Hall–Kier alpha value is -1.83. The van der Waals surface area contributed by atoms with Crippen molar-refractivity contribution in [3.8, 4) is 0 Å². The normalized spacial score (nSPS) is 10.5. The smallest absolute Gasteiger partial charge is 0.221 e. The summed E-state index contributed by atoms with van der Waals surface area (Å²) in [6.45, 7) is 29.8. The third kappa shape index (κ3) is 12.4. The summed E-state index contributed by atoms with van der Waals surface area (Å²) in [5, 5.41) is 8.85. The van der Waals surface area contributed by atoms with Crippen LogP contribution in [0, 0.1) is 83.1 Å². The molecule has 0 aliphatic rings. The van der Waals surface area contributed by atoms with Crippen LogP contribution in [-0.4, -0.2) is 36.5 Å². The Kier molecular flexibility index (Phi) is 20.1. The average molecular weight is 808 g/mol. The van der Waals surface area contributed by atoms with Crippen LogP contribution >= 0.6 is 64.8 Å². The van der Waals surface area contributed by atoms with Crippen LogP contribution in [0.3, 0.4) is 0 Å². The summed E-state index contributed by atoms with van der Waals surface area (Å²) in [5.74, 6) is -0.0430. The lowest BCUT2D eigenvalue weighted by Gasteiger charge is -2.19. The molecule has 0 unspecified atom stereocenters. The average Bonchev–Trinajstić information content (AvgIpc) is 3.07. The van der Waals surface area contributed by atoms with Crippen molar-refractivity contribution in [2.75, 3.05) is 34.7 Å². The van der Waals surface area contributed by atoms with Crippen molar-refractivity contribution in [1.82, 2.24) is 0 Å². The summed E-state index contributed by atoms with van der Waals surface area (Å²) < 4.78 is 0. The molecule has 0 heterocycles. The number of hydrogen-bond acceptors (Lipinski definition) is 9. The third-order valence-corrected chi connectivity index (χ3v) is 14.9. The molecule has 0 spiro atoms. The molecule has 0 aliphatic carbocycles. The van der Waals surface area contributed by atoms with E-state index < -0.39 is 0 Å². The van der Waals surface area contributed by atoms with E-state index in [2.05, 4.69) is 112 Å². The molecule has 3 aromatic carbocycles. The Morgan fingerprint density at radius 2 is 0.569 bits per heavy atom. The zero-order chi connectivity index (χ0) is 39.5. The van der Waals surface area contributed by atoms with Gasteiger partial charge >= 0.3 is 0 Å². The van der Waals surface area contributed by atoms with E-state index in [1.54, 1.807) is 85.5 Å². The van der Waals surface area contributed by atoms with Crippen molar-refractivity contribution in [1.29, 1.82) is 0 Å². The standard InChI is InChI=1S/3C13H19NOS2/c1-7-9(3)13(17-16-6)10(4)8(2)12(7)14-11(5)15;1-7-8(2)12(14-11(5)15)10(4)13(9(7)3)17-16-6;1-7-8(2)10(4)13(17-16-6)12(9(7)3)14-11(5)15/h3*1-6H3,(H,14,15). The summed E-state index contributed by atoms with van der Waals surface area (Å²) in [7, 11) is 10.4. The Bertz CT molecular complexity index is 1740. The van der Waals surface area contributed by atoms with E-state index in [1.807, 2.05) is 6.26 Å². The lowest BCUT2D eigenvalue weighted by molar-refractivity contribution is -0.115. The number of rotatable bonds is 9. The Labute approximate surface area is 331 Å². The second kappa shape index (κ2) is 21.8. The largest absolute Gasteiger partial charge is 0.326 e. The van der Waals surface area contributed by atoms with Crippen LogP contribution in [0.25, 0.3) is 0 Å². The van der Waals surface area contributed by atoms with Crippen molar-refractivity contribution in [2.24, 2.45) is 0 Å². The fraction of sp³-hybridized carbons (Fsp3) is 0.462. The number of amides is 3. The Balaban J connectivity index is 0.000000382. The highest BCUT2D eigenvalue weighted by Gasteiger charge is 2.18. The molecule has 0 radical (unpaired) electrons. The van der Waals surface area contributed by atoms with Gasteiger partial charge in [0.2, 0.25) is 17.7 Å². The maximum Gasteiger partial charge on any atom is 0.221 e. The summed E-state index contributed by atoms with van der Waals surface area (Å²) in [4.78, 5) is 37.6. The van der Waals surface area contributed by atoms with E-state index in [4.69, 9.17) is 0 Å². The fourth-order valence-electron chi connectivity index (χ4n) is 5.53. The van der Waals surface area contributed by atoms with Crippen molar-refractivity contribution < 1.29 is 14.4 Å². The molecule has 12 heteroatoms. The van der Waals surface area contributed by atoms with Gasteiger partial charge in [0, 0.05) is 46.8 Å². The van der Waals surface area contributed by atoms with Crippen molar-refractivity contribution in [2.45, 2.75) is 119 Å². The van der Waals surface area contributed by atoms with E-state index >= 15 is 0 Å². The molecule has 282 valence electrons. The second-order valence-corrected chi connectivity index (χ2v) is 19.6. The van der Waals surface area contributed by atoms with Crippen molar-refractivity contribution in [3.05, 3.63) is 66.8 Å². The monoisotopic (exact) mass is 807 g/mol. The molecular weight excluding hydrogens is 751 g/mol. The molecule has 3 amide bonds. The van der Waals surface area contributed by atoms with Gasteiger partial charge in [-0.3, -0.25) is 14.4 Å². The van der Waals surface area contributed by atoms with Crippen LogP contribution in [0.4, 0.5) is 17.1 Å². The molecule has 0 bridgehead atoms. The molecule has 3 rings (SSSR count). The van der Waals surface area contributed by atoms with E-state index in [0.29, 0.717) is 0 Å². The molecule has 0 atom stereocenters. The molecule has 6 nitrogen and oxygen atoms in total.